The summed E-state index contributed by atoms with van der Waals surface area (Å²) in [6.07, 6.45) is 0.284. The molecule has 1 aromatic heterocycles. The Bertz CT molecular complexity index is 1480. The van der Waals surface area contributed by atoms with Crippen molar-refractivity contribution in [2.75, 3.05) is 0 Å². The number of halogens is 1. The largest absolute Gasteiger partial charge is 0.508 e. The van der Waals surface area contributed by atoms with Gasteiger partial charge < -0.3 is 10.1 Å². The molecule has 0 fully saturated rings. The monoisotopic (exact) mass is 457 g/mol. The number of nitrogens with zero attached hydrogens (tertiary/aromatic N) is 2. The van der Waals surface area contributed by atoms with Crippen molar-refractivity contribution in [2.45, 2.75) is 19.4 Å². The molecule has 0 aliphatic carbocycles. The van der Waals surface area contributed by atoms with Gasteiger partial charge in [0.05, 0.1) is 17.3 Å². The summed E-state index contributed by atoms with van der Waals surface area (Å²) in [7, 11) is 0. The Labute approximate surface area is 194 Å². The lowest BCUT2D eigenvalue weighted by atomic mass is 9.91. The van der Waals surface area contributed by atoms with E-state index in [1.165, 1.54) is 11.9 Å². The van der Waals surface area contributed by atoms with Crippen molar-refractivity contribution < 1.29 is 9.90 Å². The summed E-state index contributed by atoms with van der Waals surface area (Å²) in [4.78, 5) is 28.7. The van der Waals surface area contributed by atoms with Crippen LogP contribution in [0.4, 0.5) is 0 Å². The zero-order chi connectivity index (χ0) is 23.1. The molecule has 0 saturated carbocycles. The molecule has 33 heavy (non-hydrogen) atoms. The van der Waals surface area contributed by atoms with E-state index >= 15 is 0 Å². The van der Waals surface area contributed by atoms with E-state index in [4.69, 9.17) is 11.6 Å². The van der Waals surface area contributed by atoms with E-state index in [-0.39, 0.29) is 23.6 Å². The summed E-state index contributed by atoms with van der Waals surface area (Å²) in [6, 6.07) is 21.2. The van der Waals surface area contributed by atoms with E-state index in [0.717, 1.165) is 10.9 Å². The minimum atomic E-state index is -0.517. The van der Waals surface area contributed by atoms with Crippen molar-refractivity contribution in [1.29, 1.82) is 0 Å². The summed E-state index contributed by atoms with van der Waals surface area (Å²) in [5, 5.41) is 17.6. The van der Waals surface area contributed by atoms with Gasteiger partial charge in [-0.15, -0.1) is 0 Å². The van der Waals surface area contributed by atoms with Gasteiger partial charge in [0, 0.05) is 40.4 Å². The van der Waals surface area contributed by atoms with Crippen molar-refractivity contribution in [3.8, 4) is 16.9 Å². The van der Waals surface area contributed by atoms with Gasteiger partial charge in [-0.3, -0.25) is 9.59 Å². The Morgan fingerprint density at radius 1 is 1.06 bits per heavy atom. The van der Waals surface area contributed by atoms with Crippen LogP contribution in [-0.2, 0) is 4.79 Å². The molecule has 0 bridgehead atoms. The lowest BCUT2D eigenvalue weighted by Crippen LogP contribution is -2.24. The highest BCUT2D eigenvalue weighted by Crippen LogP contribution is 2.39. The molecule has 6 nitrogen and oxygen atoms in total. The second kappa shape index (κ2) is 8.22. The van der Waals surface area contributed by atoms with Crippen molar-refractivity contribution in [1.82, 2.24) is 9.99 Å². The highest BCUT2D eigenvalue weighted by molar-refractivity contribution is 6.31. The van der Waals surface area contributed by atoms with Gasteiger partial charge in [-0.2, -0.15) is 5.10 Å². The maximum atomic E-state index is 13.4. The van der Waals surface area contributed by atoms with Crippen LogP contribution in [0.2, 0.25) is 5.02 Å². The fourth-order valence-corrected chi connectivity index (χ4v) is 4.58. The highest BCUT2D eigenvalue weighted by atomic mass is 35.5. The van der Waals surface area contributed by atoms with Gasteiger partial charge in [-0.25, -0.2) is 5.01 Å². The third-order valence-electron chi connectivity index (χ3n) is 5.86. The fourth-order valence-electron chi connectivity index (χ4n) is 4.41. The molecule has 1 amide bonds. The van der Waals surface area contributed by atoms with Gasteiger partial charge >= 0.3 is 0 Å². The molecule has 2 heterocycles. The molecule has 0 saturated heterocycles. The van der Waals surface area contributed by atoms with Crippen LogP contribution in [0.15, 0.2) is 82.7 Å². The number of rotatable bonds is 3. The number of carbonyl (C=O) groups is 1. The molecule has 2 N–H and O–H groups in total. The van der Waals surface area contributed by atoms with Crippen LogP contribution in [0.1, 0.15) is 30.5 Å². The molecular weight excluding hydrogens is 438 g/mol. The first-order valence-corrected chi connectivity index (χ1v) is 10.9. The first kappa shape index (κ1) is 21.0. The number of hydrazone groups is 1. The Morgan fingerprint density at radius 3 is 2.52 bits per heavy atom. The molecule has 3 aromatic carbocycles. The molecule has 1 aliphatic heterocycles. The maximum absolute atomic E-state index is 13.4. The van der Waals surface area contributed by atoms with Crippen LogP contribution in [-0.4, -0.2) is 26.7 Å². The number of hydrogen-bond acceptors (Lipinski definition) is 4. The van der Waals surface area contributed by atoms with Gasteiger partial charge in [0.15, 0.2) is 0 Å². The standard InChI is InChI=1S/C26H20ClN3O3/c1-15(31)30-22(18-9-5-6-10-23(18)32)14-21(29-30)25-24(16-7-3-2-4-8-16)19-13-17(27)11-12-20(19)28-26(25)33/h2-13,22,32H,14H2,1H3,(H,28,33). The third kappa shape index (κ3) is 3.68. The number of pyridine rings is 1. The molecule has 5 rings (SSSR count). The fraction of sp³-hybridized carbons (Fsp3) is 0.115. The van der Waals surface area contributed by atoms with Gasteiger partial charge in [-0.05, 0) is 29.8 Å². The van der Waals surface area contributed by atoms with Crippen LogP contribution in [0.3, 0.4) is 0 Å². The smallest absolute Gasteiger partial charge is 0.258 e. The number of aromatic nitrogens is 1. The van der Waals surface area contributed by atoms with Crippen molar-refractivity contribution in [2.24, 2.45) is 5.10 Å². The number of hydrogen-bond donors (Lipinski definition) is 2. The zero-order valence-electron chi connectivity index (χ0n) is 17.7. The van der Waals surface area contributed by atoms with Crippen LogP contribution < -0.4 is 5.56 Å². The number of carbonyl (C=O) groups excluding carboxylic acids is 1. The zero-order valence-corrected chi connectivity index (χ0v) is 18.5. The van der Waals surface area contributed by atoms with Crippen LogP contribution in [0.25, 0.3) is 22.0 Å². The second-order valence-corrected chi connectivity index (χ2v) is 8.39. The summed E-state index contributed by atoms with van der Waals surface area (Å²) in [5.41, 5.74) is 3.34. The molecular formula is C26H20ClN3O3. The quantitative estimate of drug-likeness (QED) is 0.440. The number of fused-ring (bicyclic) bond motifs is 1. The van der Waals surface area contributed by atoms with Crippen molar-refractivity contribution in [3.05, 3.63) is 99.3 Å². The van der Waals surface area contributed by atoms with E-state index < -0.39 is 6.04 Å². The summed E-state index contributed by atoms with van der Waals surface area (Å²) >= 11 is 6.31. The van der Waals surface area contributed by atoms with E-state index in [1.54, 1.807) is 36.4 Å². The predicted octanol–water partition coefficient (Wildman–Crippen LogP) is 5.25. The number of aromatic amines is 1. The first-order valence-electron chi connectivity index (χ1n) is 10.5. The third-order valence-corrected chi connectivity index (χ3v) is 6.09. The Hall–Kier alpha value is -3.90. The van der Waals surface area contributed by atoms with Gasteiger partial charge in [-0.1, -0.05) is 60.1 Å². The molecule has 4 aromatic rings. The van der Waals surface area contributed by atoms with Crippen molar-refractivity contribution >= 4 is 34.1 Å². The second-order valence-electron chi connectivity index (χ2n) is 7.95. The first-order chi connectivity index (χ1) is 15.9. The van der Waals surface area contributed by atoms with E-state index in [1.807, 2.05) is 36.4 Å². The highest BCUT2D eigenvalue weighted by Gasteiger charge is 2.35. The molecule has 7 heteroatoms. The van der Waals surface area contributed by atoms with Gasteiger partial charge in [0.2, 0.25) is 5.91 Å². The van der Waals surface area contributed by atoms with E-state index in [0.29, 0.717) is 32.9 Å². The Balaban J connectivity index is 1.76. The lowest BCUT2D eigenvalue weighted by Gasteiger charge is -2.21. The normalized spacial score (nSPS) is 15.6. The summed E-state index contributed by atoms with van der Waals surface area (Å²) in [5.74, 6) is -0.201. The lowest BCUT2D eigenvalue weighted by molar-refractivity contribution is -0.130. The van der Waals surface area contributed by atoms with Crippen LogP contribution >= 0.6 is 11.6 Å². The average Bonchev–Trinajstić information content (AvgIpc) is 3.24. The van der Waals surface area contributed by atoms with Gasteiger partial charge in [0.25, 0.3) is 5.56 Å². The predicted molar refractivity (Wildman–Crippen MR) is 130 cm³/mol. The van der Waals surface area contributed by atoms with Crippen LogP contribution in [0.5, 0.6) is 5.75 Å². The maximum Gasteiger partial charge on any atom is 0.258 e. The van der Waals surface area contributed by atoms with E-state index in [2.05, 4.69) is 10.1 Å². The topological polar surface area (TPSA) is 85.8 Å². The molecule has 1 atom stereocenters. The molecule has 1 unspecified atom stereocenters. The summed E-state index contributed by atoms with van der Waals surface area (Å²) < 4.78 is 0. The molecule has 164 valence electrons. The number of phenols is 1. The number of para-hydroxylation sites is 1. The molecule has 0 spiro atoms. The average molecular weight is 458 g/mol. The van der Waals surface area contributed by atoms with Crippen LogP contribution in [0, 0.1) is 0 Å². The number of H-pyrrole nitrogens is 1. The van der Waals surface area contributed by atoms with E-state index in [9.17, 15) is 14.7 Å². The number of phenolic OH excluding ortho intramolecular Hbond substituents is 1. The molecule has 0 radical (unpaired) electrons. The number of benzene rings is 3. The minimum absolute atomic E-state index is 0.0766. The number of aromatic hydroxyl groups is 1. The Morgan fingerprint density at radius 2 is 1.79 bits per heavy atom. The van der Waals surface area contributed by atoms with Crippen molar-refractivity contribution in [3.63, 3.8) is 0 Å². The molecule has 1 aliphatic rings. The summed E-state index contributed by atoms with van der Waals surface area (Å²) in [6.45, 7) is 1.42. The Kier molecular flexibility index (Phi) is 5.23. The minimum Gasteiger partial charge on any atom is -0.508 e. The number of nitrogens with one attached hydrogen (secondary N) is 1. The SMILES string of the molecule is CC(=O)N1N=C(c2c(-c3ccccc3)c3cc(Cl)ccc3[nH]c2=O)CC1c1ccccc1O. The number of amides is 1. The van der Waals surface area contributed by atoms with Gasteiger partial charge in [0.1, 0.15) is 5.75 Å².